The second-order valence-corrected chi connectivity index (χ2v) is 17.9. The summed E-state index contributed by atoms with van der Waals surface area (Å²) in [5.41, 5.74) is 2.05. The number of benzene rings is 2. The summed E-state index contributed by atoms with van der Waals surface area (Å²) in [6.45, 7) is 21.0. The molecule has 2 aromatic rings. The molecule has 1 saturated heterocycles. The summed E-state index contributed by atoms with van der Waals surface area (Å²) in [6.07, 6.45) is 0.649. The first-order valence-corrected chi connectivity index (χ1v) is 15.7. The Kier molecular flexibility index (Phi) is 8.64. The van der Waals surface area contributed by atoms with Crippen molar-refractivity contribution in [1.29, 1.82) is 0 Å². The van der Waals surface area contributed by atoms with Crippen molar-refractivity contribution in [3.05, 3.63) is 47.5 Å². The smallest absolute Gasteiger partial charge is 0.410 e. The van der Waals surface area contributed by atoms with Gasteiger partial charge in [0, 0.05) is 13.1 Å². The molecule has 1 amide bonds. The fraction of sp³-hybridized carbons (Fsp3) is 0.633. The third-order valence-electron chi connectivity index (χ3n) is 7.91. The predicted octanol–water partition coefficient (Wildman–Crippen LogP) is 7.75. The SMILES string of the molecule is CC(C)[Si](OCc1cc(C2(O)CCN(C(=O)OC(C)(C)C)CC2)cc2ccccc12)(C(C)C)C(C)C. The summed E-state index contributed by atoms with van der Waals surface area (Å²) < 4.78 is 12.5. The number of hydrogen-bond acceptors (Lipinski definition) is 4. The Morgan fingerprint density at radius 3 is 2.08 bits per heavy atom. The van der Waals surface area contributed by atoms with Crippen LogP contribution >= 0.6 is 0 Å². The molecule has 0 radical (unpaired) electrons. The molecule has 0 atom stereocenters. The van der Waals surface area contributed by atoms with Gasteiger partial charge in [-0.05, 0) is 78.2 Å². The van der Waals surface area contributed by atoms with Crippen molar-refractivity contribution in [2.24, 2.45) is 0 Å². The topological polar surface area (TPSA) is 59.0 Å². The first-order valence-electron chi connectivity index (χ1n) is 13.6. The van der Waals surface area contributed by atoms with Gasteiger partial charge in [-0.15, -0.1) is 0 Å². The highest BCUT2D eigenvalue weighted by molar-refractivity contribution is 6.77. The van der Waals surface area contributed by atoms with Crippen LogP contribution in [-0.4, -0.2) is 43.1 Å². The van der Waals surface area contributed by atoms with E-state index in [2.05, 4.69) is 71.9 Å². The summed E-state index contributed by atoms with van der Waals surface area (Å²) in [6, 6.07) is 12.6. The minimum atomic E-state index is -2.04. The van der Waals surface area contributed by atoms with Crippen molar-refractivity contribution in [3.63, 3.8) is 0 Å². The molecule has 2 aromatic carbocycles. The number of likely N-dealkylation sites (tertiary alicyclic amines) is 1. The van der Waals surface area contributed by atoms with Crippen molar-refractivity contribution in [3.8, 4) is 0 Å². The fourth-order valence-corrected chi connectivity index (χ4v) is 11.6. The molecular formula is C30H47NO4Si. The Bertz CT molecular complexity index is 1030. The highest BCUT2D eigenvalue weighted by atomic mass is 28.4. The number of carbonyl (C=O) groups is 1. The van der Waals surface area contributed by atoms with Crippen LogP contribution in [-0.2, 0) is 21.4 Å². The molecule has 1 fully saturated rings. The maximum atomic E-state index is 12.5. The zero-order chi connectivity index (χ0) is 26.9. The van der Waals surface area contributed by atoms with E-state index in [9.17, 15) is 9.90 Å². The lowest BCUT2D eigenvalue weighted by atomic mass is 9.82. The molecule has 3 rings (SSSR count). The van der Waals surface area contributed by atoms with E-state index < -0.39 is 19.5 Å². The highest BCUT2D eigenvalue weighted by Crippen LogP contribution is 2.43. The minimum absolute atomic E-state index is 0.311. The Hall–Kier alpha value is -1.89. The molecule has 0 spiro atoms. The number of rotatable bonds is 7. The summed E-state index contributed by atoms with van der Waals surface area (Å²) in [5, 5.41) is 14.0. The van der Waals surface area contributed by atoms with Crippen LogP contribution in [0.2, 0.25) is 16.6 Å². The Morgan fingerprint density at radius 2 is 1.56 bits per heavy atom. The average Bonchev–Trinajstić information content (AvgIpc) is 2.77. The number of fused-ring (bicyclic) bond motifs is 1. The van der Waals surface area contributed by atoms with E-state index in [1.54, 1.807) is 4.90 Å². The summed E-state index contributed by atoms with van der Waals surface area (Å²) in [5.74, 6) is 0. The monoisotopic (exact) mass is 513 g/mol. The van der Waals surface area contributed by atoms with Crippen molar-refractivity contribution in [2.75, 3.05) is 13.1 Å². The van der Waals surface area contributed by atoms with E-state index in [-0.39, 0.29) is 6.09 Å². The Morgan fingerprint density at radius 1 is 1.00 bits per heavy atom. The molecule has 0 aliphatic carbocycles. The number of carbonyl (C=O) groups excluding carboxylic acids is 1. The minimum Gasteiger partial charge on any atom is -0.444 e. The van der Waals surface area contributed by atoms with E-state index in [1.807, 2.05) is 26.8 Å². The maximum absolute atomic E-state index is 12.5. The van der Waals surface area contributed by atoms with Crippen molar-refractivity contribution < 1.29 is 19.1 Å². The molecule has 1 N–H and O–H groups in total. The normalized spacial score (nSPS) is 16.9. The summed E-state index contributed by atoms with van der Waals surface area (Å²) >= 11 is 0. The van der Waals surface area contributed by atoms with Crippen LogP contribution in [0.25, 0.3) is 10.8 Å². The Balaban J connectivity index is 1.90. The van der Waals surface area contributed by atoms with E-state index in [4.69, 9.17) is 9.16 Å². The number of piperidine rings is 1. The van der Waals surface area contributed by atoms with Crippen LogP contribution in [0.1, 0.15) is 86.3 Å². The van der Waals surface area contributed by atoms with Crippen LogP contribution in [0.4, 0.5) is 4.79 Å². The molecule has 36 heavy (non-hydrogen) atoms. The third kappa shape index (κ3) is 5.98. The molecule has 6 heteroatoms. The zero-order valence-corrected chi connectivity index (χ0v) is 24.9. The highest BCUT2D eigenvalue weighted by Gasteiger charge is 2.45. The van der Waals surface area contributed by atoms with Gasteiger partial charge < -0.3 is 19.2 Å². The fourth-order valence-electron chi connectivity index (χ4n) is 6.16. The zero-order valence-electron chi connectivity index (χ0n) is 23.9. The van der Waals surface area contributed by atoms with Crippen LogP contribution < -0.4 is 0 Å². The molecule has 0 unspecified atom stereocenters. The first-order chi connectivity index (χ1) is 16.7. The first kappa shape index (κ1) is 28.7. The van der Waals surface area contributed by atoms with Crippen molar-refractivity contribution in [2.45, 2.75) is 110 Å². The van der Waals surface area contributed by atoms with Gasteiger partial charge in [0.2, 0.25) is 8.32 Å². The van der Waals surface area contributed by atoms with Crippen LogP contribution in [0, 0.1) is 0 Å². The molecule has 1 aliphatic rings. The van der Waals surface area contributed by atoms with Gasteiger partial charge in [-0.25, -0.2) is 4.79 Å². The second-order valence-electron chi connectivity index (χ2n) is 12.5. The van der Waals surface area contributed by atoms with E-state index in [1.165, 1.54) is 5.39 Å². The number of nitrogens with zero attached hydrogens (tertiary/aromatic N) is 1. The van der Waals surface area contributed by atoms with Crippen LogP contribution in [0.3, 0.4) is 0 Å². The van der Waals surface area contributed by atoms with Gasteiger partial charge in [0.05, 0.1) is 12.2 Å². The number of aliphatic hydroxyl groups is 1. The average molecular weight is 514 g/mol. The van der Waals surface area contributed by atoms with Gasteiger partial charge in [0.25, 0.3) is 0 Å². The predicted molar refractivity (Wildman–Crippen MR) is 151 cm³/mol. The molecule has 0 aromatic heterocycles. The van der Waals surface area contributed by atoms with Gasteiger partial charge in [0.1, 0.15) is 5.60 Å². The molecule has 0 bridgehead atoms. The lowest BCUT2D eigenvalue weighted by Crippen LogP contribution is -2.47. The van der Waals surface area contributed by atoms with Crippen molar-refractivity contribution in [1.82, 2.24) is 4.90 Å². The quantitative estimate of drug-likeness (QED) is 0.385. The van der Waals surface area contributed by atoms with Gasteiger partial charge in [-0.1, -0.05) is 71.9 Å². The summed E-state index contributed by atoms with van der Waals surface area (Å²) in [4.78, 5) is 14.3. The number of hydrogen-bond donors (Lipinski definition) is 1. The van der Waals surface area contributed by atoms with E-state index in [0.717, 1.165) is 16.5 Å². The molecule has 0 saturated carbocycles. The Labute approximate surface area is 219 Å². The third-order valence-corrected chi connectivity index (χ3v) is 14.0. The van der Waals surface area contributed by atoms with Crippen LogP contribution in [0.5, 0.6) is 0 Å². The molecular weight excluding hydrogens is 466 g/mol. The number of ether oxygens (including phenoxy) is 1. The molecule has 200 valence electrons. The van der Waals surface area contributed by atoms with Gasteiger partial charge >= 0.3 is 6.09 Å². The van der Waals surface area contributed by atoms with Gasteiger partial charge in [-0.3, -0.25) is 0 Å². The van der Waals surface area contributed by atoms with Crippen LogP contribution in [0.15, 0.2) is 36.4 Å². The van der Waals surface area contributed by atoms with E-state index >= 15 is 0 Å². The molecule has 1 aliphatic heterocycles. The number of amides is 1. The maximum Gasteiger partial charge on any atom is 0.410 e. The molecule has 5 nitrogen and oxygen atoms in total. The largest absolute Gasteiger partial charge is 0.444 e. The lowest BCUT2D eigenvalue weighted by Gasteiger charge is -2.42. The van der Waals surface area contributed by atoms with E-state index in [0.29, 0.717) is 49.2 Å². The second kappa shape index (κ2) is 10.8. The van der Waals surface area contributed by atoms with Gasteiger partial charge in [-0.2, -0.15) is 0 Å². The summed E-state index contributed by atoms with van der Waals surface area (Å²) in [7, 11) is -2.04. The molecule has 1 heterocycles. The van der Waals surface area contributed by atoms with Gasteiger partial charge in [0.15, 0.2) is 0 Å². The standard InChI is InChI=1S/C30H47NO4Si/c1-21(2)36(22(3)4,23(5)6)34-20-25-19-26(18-24-12-10-11-13-27(24)25)30(33)14-16-31(17-15-30)28(32)35-29(7,8)9/h10-13,18-19,21-23,33H,14-17,20H2,1-9H3. The lowest BCUT2D eigenvalue weighted by molar-refractivity contribution is -0.0356. The van der Waals surface area contributed by atoms with Crippen molar-refractivity contribution >= 4 is 25.2 Å².